The van der Waals surface area contributed by atoms with Crippen molar-refractivity contribution in [2.45, 2.75) is 6.42 Å². The smallest absolute Gasteiger partial charge is 0.322 e. The van der Waals surface area contributed by atoms with Crippen LogP contribution in [0.1, 0.15) is 6.42 Å². The highest BCUT2D eigenvalue weighted by Crippen LogP contribution is 2.14. The van der Waals surface area contributed by atoms with E-state index in [-0.39, 0.29) is 25.5 Å². The number of nitrogens with one attached hydrogen (secondary N) is 1. The zero-order chi connectivity index (χ0) is 14.3. The minimum atomic E-state index is -0.946. The lowest BCUT2D eigenvalue weighted by Gasteiger charge is -2.22. The van der Waals surface area contributed by atoms with Gasteiger partial charge in [0.25, 0.3) is 0 Å². The van der Waals surface area contributed by atoms with Gasteiger partial charge in [-0.15, -0.1) is 0 Å². The van der Waals surface area contributed by atoms with Crippen molar-refractivity contribution >= 4 is 33.6 Å². The molecule has 0 saturated heterocycles. The van der Waals surface area contributed by atoms with Gasteiger partial charge in [0.15, 0.2) is 0 Å². The van der Waals surface area contributed by atoms with Crippen molar-refractivity contribution in [3.8, 4) is 0 Å². The number of anilines is 1. The van der Waals surface area contributed by atoms with Crippen molar-refractivity contribution in [3.63, 3.8) is 0 Å². The molecule has 6 heteroatoms. The molecule has 0 atom stereocenters. The van der Waals surface area contributed by atoms with E-state index in [9.17, 15) is 9.59 Å². The Morgan fingerprint density at radius 1 is 1.32 bits per heavy atom. The largest absolute Gasteiger partial charge is 0.481 e. The summed E-state index contributed by atoms with van der Waals surface area (Å²) in [5.41, 5.74) is 0.654. The highest BCUT2D eigenvalue weighted by Gasteiger charge is 2.16. The number of para-hydroxylation sites is 1. The van der Waals surface area contributed by atoms with Crippen molar-refractivity contribution in [1.82, 2.24) is 5.32 Å². The number of carbonyl (C=O) groups is 2. The zero-order valence-corrected chi connectivity index (χ0v) is 11.9. The van der Waals surface area contributed by atoms with Gasteiger partial charge in [0.1, 0.15) is 0 Å². The maximum atomic E-state index is 12.0. The number of aliphatic carboxylic acids is 1. The minimum absolute atomic E-state index is 0.111. The van der Waals surface area contributed by atoms with Crippen molar-refractivity contribution in [1.29, 1.82) is 0 Å². The van der Waals surface area contributed by atoms with Gasteiger partial charge in [0, 0.05) is 16.7 Å². The van der Waals surface area contributed by atoms with Gasteiger partial charge in [-0.3, -0.25) is 9.69 Å². The van der Waals surface area contributed by atoms with Crippen LogP contribution in [0.4, 0.5) is 10.5 Å². The Balaban J connectivity index is 2.77. The molecule has 5 nitrogen and oxygen atoms in total. The maximum absolute atomic E-state index is 12.0. The van der Waals surface area contributed by atoms with Crippen molar-refractivity contribution in [2.24, 2.45) is 0 Å². The lowest BCUT2D eigenvalue weighted by molar-refractivity contribution is -0.136. The second-order valence-corrected chi connectivity index (χ2v) is 4.93. The van der Waals surface area contributed by atoms with Crippen molar-refractivity contribution < 1.29 is 14.7 Å². The van der Waals surface area contributed by atoms with E-state index in [1.165, 1.54) is 4.90 Å². The molecule has 0 radical (unpaired) electrons. The quantitative estimate of drug-likeness (QED) is 0.844. The molecule has 0 saturated carbocycles. The third-order valence-electron chi connectivity index (χ3n) is 2.29. The number of carboxylic acid groups (broad SMARTS) is 1. The number of rotatable bonds is 6. The molecular weight excluding hydrogens is 312 g/mol. The number of halogens is 1. The van der Waals surface area contributed by atoms with E-state index in [4.69, 9.17) is 5.11 Å². The third-order valence-corrected chi connectivity index (χ3v) is 2.57. The summed E-state index contributed by atoms with van der Waals surface area (Å²) in [6, 6.07) is 8.57. The maximum Gasteiger partial charge on any atom is 0.322 e. The van der Waals surface area contributed by atoms with Gasteiger partial charge in [-0.1, -0.05) is 40.7 Å². The Kier molecular flexibility index (Phi) is 6.08. The van der Waals surface area contributed by atoms with E-state index >= 15 is 0 Å². The molecule has 1 aromatic rings. The molecular formula is C13H15BrN2O3. The van der Waals surface area contributed by atoms with Gasteiger partial charge < -0.3 is 10.4 Å². The Morgan fingerprint density at radius 3 is 2.47 bits per heavy atom. The molecule has 1 aromatic carbocycles. The monoisotopic (exact) mass is 326 g/mol. The van der Waals surface area contributed by atoms with Crippen LogP contribution in [0.5, 0.6) is 0 Å². The fourth-order valence-electron chi connectivity index (χ4n) is 1.43. The summed E-state index contributed by atoms with van der Waals surface area (Å²) in [4.78, 5) is 24.1. The normalized spacial score (nSPS) is 9.74. The molecule has 0 aliphatic rings. The standard InChI is InChI=1S/C13H15BrN2O3/c1-10(14)9-15-13(19)16(8-7-12(17)18)11-5-3-2-4-6-11/h2-6H,1,7-9H2,(H,15,19)(H,17,18). The molecule has 0 aliphatic heterocycles. The summed E-state index contributed by atoms with van der Waals surface area (Å²) in [6.45, 7) is 4.02. The number of hydrogen-bond donors (Lipinski definition) is 2. The number of nitrogens with zero attached hydrogens (tertiary/aromatic N) is 1. The first kappa shape index (κ1) is 15.2. The predicted molar refractivity (Wildman–Crippen MR) is 77.5 cm³/mol. The van der Waals surface area contributed by atoms with Gasteiger partial charge in [-0.05, 0) is 12.1 Å². The summed E-state index contributed by atoms with van der Waals surface area (Å²) in [6.07, 6.45) is -0.114. The van der Waals surface area contributed by atoms with E-state index < -0.39 is 5.97 Å². The predicted octanol–water partition coefficient (Wildman–Crippen LogP) is 2.59. The molecule has 2 amide bonds. The first-order valence-corrected chi connectivity index (χ1v) is 6.45. The van der Waals surface area contributed by atoms with Gasteiger partial charge in [0.2, 0.25) is 0 Å². The first-order chi connectivity index (χ1) is 9.00. The first-order valence-electron chi connectivity index (χ1n) is 5.66. The molecule has 2 N–H and O–H groups in total. The van der Waals surface area contributed by atoms with Crippen molar-refractivity contribution in [3.05, 3.63) is 41.4 Å². The lowest BCUT2D eigenvalue weighted by Crippen LogP contribution is -2.41. The van der Waals surface area contributed by atoms with Gasteiger partial charge >= 0.3 is 12.0 Å². The molecule has 0 heterocycles. The number of carbonyl (C=O) groups excluding carboxylic acids is 1. The van der Waals surface area contributed by atoms with Crippen LogP contribution in [0, 0.1) is 0 Å². The fraction of sp³-hybridized carbons (Fsp3) is 0.231. The number of amides is 2. The summed E-state index contributed by atoms with van der Waals surface area (Å²) in [5, 5.41) is 11.4. The van der Waals surface area contributed by atoms with E-state index in [0.29, 0.717) is 10.2 Å². The highest BCUT2D eigenvalue weighted by molar-refractivity contribution is 9.11. The zero-order valence-electron chi connectivity index (χ0n) is 10.3. The summed E-state index contributed by atoms with van der Waals surface area (Å²) in [7, 11) is 0. The molecule has 0 aromatic heterocycles. The Labute approximate surface area is 120 Å². The van der Waals surface area contributed by atoms with Gasteiger partial charge in [-0.25, -0.2) is 4.79 Å². The molecule has 1 rings (SSSR count). The average Bonchev–Trinajstić information content (AvgIpc) is 2.37. The Hall–Kier alpha value is -1.82. The summed E-state index contributed by atoms with van der Waals surface area (Å²) >= 11 is 3.15. The minimum Gasteiger partial charge on any atom is -0.481 e. The second kappa shape index (κ2) is 7.58. The van der Waals surface area contributed by atoms with Gasteiger partial charge in [0.05, 0.1) is 13.0 Å². The van der Waals surface area contributed by atoms with Gasteiger partial charge in [-0.2, -0.15) is 0 Å². The summed E-state index contributed by atoms with van der Waals surface area (Å²) < 4.78 is 0.645. The van der Waals surface area contributed by atoms with Crippen LogP contribution in [0.3, 0.4) is 0 Å². The van der Waals surface area contributed by atoms with E-state index in [1.807, 2.05) is 6.07 Å². The topological polar surface area (TPSA) is 69.6 Å². The van der Waals surface area contributed by atoms with Crippen LogP contribution in [-0.4, -0.2) is 30.2 Å². The van der Waals surface area contributed by atoms with Crippen LogP contribution in [0.25, 0.3) is 0 Å². The van der Waals surface area contributed by atoms with Crippen LogP contribution < -0.4 is 10.2 Å². The molecule has 102 valence electrons. The molecule has 0 spiro atoms. The number of urea groups is 1. The van der Waals surface area contributed by atoms with E-state index in [1.54, 1.807) is 24.3 Å². The molecule has 0 aliphatic carbocycles. The summed E-state index contributed by atoms with van der Waals surface area (Å²) in [5.74, 6) is -0.946. The van der Waals surface area contributed by atoms with Crippen LogP contribution in [0.15, 0.2) is 41.4 Å². The number of hydrogen-bond acceptors (Lipinski definition) is 2. The van der Waals surface area contributed by atoms with Crippen molar-refractivity contribution in [2.75, 3.05) is 18.0 Å². The highest BCUT2D eigenvalue weighted by atomic mass is 79.9. The number of benzene rings is 1. The molecule has 19 heavy (non-hydrogen) atoms. The Morgan fingerprint density at radius 2 is 1.95 bits per heavy atom. The second-order valence-electron chi connectivity index (χ2n) is 3.81. The van der Waals surface area contributed by atoms with E-state index in [0.717, 1.165) is 0 Å². The third kappa shape index (κ3) is 5.56. The molecule has 0 fully saturated rings. The van der Waals surface area contributed by atoms with Crippen LogP contribution >= 0.6 is 15.9 Å². The van der Waals surface area contributed by atoms with E-state index in [2.05, 4.69) is 27.8 Å². The molecule has 0 unspecified atom stereocenters. The number of carboxylic acids is 1. The van der Waals surface area contributed by atoms with Crippen LogP contribution in [0.2, 0.25) is 0 Å². The lowest BCUT2D eigenvalue weighted by atomic mass is 10.3. The molecule has 0 bridgehead atoms. The van der Waals surface area contributed by atoms with Crippen LogP contribution in [-0.2, 0) is 4.79 Å². The average molecular weight is 327 g/mol. The SMILES string of the molecule is C=C(Br)CNC(=O)N(CCC(=O)O)c1ccccc1. The Bertz CT molecular complexity index is 462. The fourth-order valence-corrected chi connectivity index (χ4v) is 1.57.